The van der Waals surface area contributed by atoms with Gasteiger partial charge in [0.2, 0.25) is 0 Å². The molecule has 2 heterocycles. The van der Waals surface area contributed by atoms with Gasteiger partial charge in [-0.25, -0.2) is 0 Å². The summed E-state index contributed by atoms with van der Waals surface area (Å²) >= 11 is 0. The molecule has 3 heteroatoms. The number of aryl methyl sites for hydroxylation is 1. The van der Waals surface area contributed by atoms with Crippen molar-refractivity contribution in [3.05, 3.63) is 29.8 Å². The van der Waals surface area contributed by atoms with Gasteiger partial charge >= 0.3 is 0 Å². The van der Waals surface area contributed by atoms with Crippen molar-refractivity contribution >= 4 is 5.69 Å². The lowest BCUT2D eigenvalue weighted by molar-refractivity contribution is 0.196. The van der Waals surface area contributed by atoms with E-state index in [1.54, 1.807) is 0 Å². The zero-order valence-corrected chi connectivity index (χ0v) is 15.2. The zero-order chi connectivity index (χ0) is 16.4. The van der Waals surface area contributed by atoms with Gasteiger partial charge in [0.15, 0.2) is 0 Å². The van der Waals surface area contributed by atoms with E-state index in [4.69, 9.17) is 0 Å². The molecule has 0 aromatic heterocycles. The molecule has 2 fully saturated rings. The molecule has 1 atom stereocenters. The second-order valence-corrected chi connectivity index (χ2v) is 5.51. The van der Waals surface area contributed by atoms with Crippen molar-refractivity contribution in [2.75, 3.05) is 44.2 Å². The average molecular weight is 306 g/mol. The van der Waals surface area contributed by atoms with Crippen LogP contribution in [-0.4, -0.2) is 50.2 Å². The summed E-state index contributed by atoms with van der Waals surface area (Å²) in [6, 6.07) is 9.71. The van der Waals surface area contributed by atoms with Crippen molar-refractivity contribution < 1.29 is 0 Å². The number of anilines is 1. The van der Waals surface area contributed by atoms with E-state index in [0.29, 0.717) is 0 Å². The zero-order valence-electron chi connectivity index (χ0n) is 15.2. The Morgan fingerprint density at radius 1 is 0.909 bits per heavy atom. The van der Waals surface area contributed by atoms with Gasteiger partial charge in [-0.1, -0.05) is 45.4 Å². The number of nitrogens with zero attached hydrogens (tertiary/aromatic N) is 2. The van der Waals surface area contributed by atoms with Crippen LogP contribution in [0.3, 0.4) is 0 Å². The van der Waals surface area contributed by atoms with Crippen LogP contribution in [0.25, 0.3) is 0 Å². The van der Waals surface area contributed by atoms with Crippen LogP contribution in [0.15, 0.2) is 24.3 Å². The Morgan fingerprint density at radius 2 is 1.50 bits per heavy atom. The third kappa shape index (κ3) is 5.29. The van der Waals surface area contributed by atoms with Crippen molar-refractivity contribution in [2.24, 2.45) is 0 Å². The minimum Gasteiger partial charge on any atom is -0.369 e. The molecule has 1 aromatic rings. The van der Waals surface area contributed by atoms with Crippen molar-refractivity contribution in [3.63, 3.8) is 0 Å². The van der Waals surface area contributed by atoms with E-state index in [9.17, 15) is 0 Å². The van der Waals surface area contributed by atoms with E-state index >= 15 is 0 Å². The summed E-state index contributed by atoms with van der Waals surface area (Å²) in [6.07, 6.45) is 1.32. The molecule has 2 aliphatic heterocycles. The van der Waals surface area contributed by atoms with Crippen LogP contribution in [0.4, 0.5) is 5.69 Å². The van der Waals surface area contributed by atoms with Crippen LogP contribution in [0, 0.1) is 6.92 Å². The maximum Gasteiger partial charge on any atom is 0.0367 e. The predicted molar refractivity (Wildman–Crippen MR) is 98.9 cm³/mol. The highest BCUT2D eigenvalue weighted by molar-refractivity contribution is 5.47. The fourth-order valence-electron chi connectivity index (χ4n) is 3.05. The van der Waals surface area contributed by atoms with Gasteiger partial charge in [0.05, 0.1) is 0 Å². The number of hydrogen-bond acceptors (Lipinski definition) is 3. The van der Waals surface area contributed by atoms with E-state index in [1.807, 2.05) is 27.7 Å². The molecule has 1 N–H and O–H groups in total. The van der Waals surface area contributed by atoms with Gasteiger partial charge in [-0.05, 0) is 32.0 Å². The van der Waals surface area contributed by atoms with Gasteiger partial charge in [0.1, 0.15) is 0 Å². The smallest absolute Gasteiger partial charge is 0.0367 e. The molecule has 3 rings (SSSR count). The number of piperazine rings is 1. The van der Waals surface area contributed by atoms with E-state index in [-0.39, 0.29) is 0 Å². The molecule has 0 spiro atoms. The Hall–Kier alpha value is -1.06. The first kappa shape index (κ1) is 19.0. The molecule has 3 nitrogen and oxygen atoms in total. The second kappa shape index (κ2) is 10.6. The lowest BCUT2D eigenvalue weighted by Gasteiger charge is -2.39. The minimum atomic E-state index is 0.783. The molecular weight excluding hydrogens is 270 g/mol. The monoisotopic (exact) mass is 305 g/mol. The largest absolute Gasteiger partial charge is 0.369 e. The van der Waals surface area contributed by atoms with Gasteiger partial charge in [-0.2, -0.15) is 0 Å². The number of hydrogen-bond donors (Lipinski definition) is 1. The Bertz CT molecular complexity index is 374. The molecule has 0 aliphatic carbocycles. The normalized spacial score (nSPS) is 21.5. The van der Waals surface area contributed by atoms with E-state index in [1.165, 1.54) is 56.9 Å². The van der Waals surface area contributed by atoms with Gasteiger partial charge in [0, 0.05) is 44.5 Å². The van der Waals surface area contributed by atoms with Crippen molar-refractivity contribution in [1.82, 2.24) is 10.2 Å². The molecule has 0 amide bonds. The van der Waals surface area contributed by atoms with E-state index in [0.717, 1.165) is 6.04 Å². The topological polar surface area (TPSA) is 18.5 Å². The SMILES string of the molecule is CC.CC.Cc1ccc(N2CCN(C3CCNC3)CC2)cc1. The molecule has 126 valence electrons. The van der Waals surface area contributed by atoms with Gasteiger partial charge in [0.25, 0.3) is 0 Å². The number of benzene rings is 1. The standard InChI is InChI=1S/C15H23N3.2C2H6/c1-13-2-4-14(5-3-13)17-8-10-18(11-9-17)15-6-7-16-12-15;2*1-2/h2-5,15-16H,6-12H2,1H3;2*1-2H3. The van der Waals surface area contributed by atoms with Crippen LogP contribution in [0.1, 0.15) is 39.7 Å². The number of rotatable bonds is 2. The predicted octanol–water partition coefficient (Wildman–Crippen LogP) is 3.53. The second-order valence-electron chi connectivity index (χ2n) is 5.51. The highest BCUT2D eigenvalue weighted by Crippen LogP contribution is 2.19. The quantitative estimate of drug-likeness (QED) is 0.902. The molecule has 1 aromatic carbocycles. The third-order valence-electron chi connectivity index (χ3n) is 4.26. The maximum atomic E-state index is 3.46. The Balaban J connectivity index is 0.000000561. The molecule has 1 unspecified atom stereocenters. The molecule has 0 radical (unpaired) electrons. The molecule has 2 aliphatic rings. The van der Waals surface area contributed by atoms with Crippen LogP contribution < -0.4 is 10.2 Å². The summed E-state index contributed by atoms with van der Waals surface area (Å²) in [5.41, 5.74) is 2.72. The average Bonchev–Trinajstić information content (AvgIpc) is 3.14. The Kier molecular flexibility index (Phi) is 9.17. The first-order valence-electron chi connectivity index (χ1n) is 9.09. The fraction of sp³-hybridized carbons (Fsp3) is 0.684. The lowest BCUT2D eigenvalue weighted by atomic mass is 10.1. The summed E-state index contributed by atoms with van der Waals surface area (Å²) in [5.74, 6) is 0. The van der Waals surface area contributed by atoms with E-state index < -0.39 is 0 Å². The van der Waals surface area contributed by atoms with Crippen molar-refractivity contribution in [1.29, 1.82) is 0 Å². The Labute approximate surface area is 137 Å². The highest BCUT2D eigenvalue weighted by Gasteiger charge is 2.25. The maximum absolute atomic E-state index is 3.46. The molecular formula is C19H35N3. The van der Waals surface area contributed by atoms with Gasteiger partial charge in [-0.15, -0.1) is 0 Å². The van der Waals surface area contributed by atoms with Crippen molar-refractivity contribution in [2.45, 2.75) is 47.1 Å². The first-order chi connectivity index (χ1) is 10.8. The Morgan fingerprint density at radius 3 is 2.00 bits per heavy atom. The van der Waals surface area contributed by atoms with Crippen LogP contribution in [-0.2, 0) is 0 Å². The van der Waals surface area contributed by atoms with Crippen LogP contribution in [0.2, 0.25) is 0 Å². The minimum absolute atomic E-state index is 0.783. The number of nitrogens with one attached hydrogen (secondary N) is 1. The van der Waals surface area contributed by atoms with Crippen molar-refractivity contribution in [3.8, 4) is 0 Å². The summed E-state index contributed by atoms with van der Waals surface area (Å²) in [5, 5.41) is 3.46. The fourth-order valence-corrected chi connectivity index (χ4v) is 3.05. The van der Waals surface area contributed by atoms with Gasteiger partial charge < -0.3 is 10.2 Å². The molecule has 0 bridgehead atoms. The summed E-state index contributed by atoms with van der Waals surface area (Å²) in [4.78, 5) is 5.17. The lowest BCUT2D eigenvalue weighted by Crippen LogP contribution is -2.51. The molecule has 2 saturated heterocycles. The molecule has 22 heavy (non-hydrogen) atoms. The molecule has 0 saturated carbocycles. The summed E-state index contributed by atoms with van der Waals surface area (Å²) < 4.78 is 0. The van der Waals surface area contributed by atoms with Gasteiger partial charge in [-0.3, -0.25) is 4.90 Å². The van der Waals surface area contributed by atoms with Crippen LogP contribution >= 0.6 is 0 Å². The summed E-state index contributed by atoms with van der Waals surface area (Å²) in [6.45, 7) is 17.3. The third-order valence-corrected chi connectivity index (χ3v) is 4.26. The van der Waals surface area contributed by atoms with Crippen LogP contribution in [0.5, 0.6) is 0 Å². The first-order valence-corrected chi connectivity index (χ1v) is 9.09. The van der Waals surface area contributed by atoms with E-state index in [2.05, 4.69) is 46.3 Å². The summed E-state index contributed by atoms with van der Waals surface area (Å²) in [7, 11) is 0. The highest BCUT2D eigenvalue weighted by atomic mass is 15.3.